The number of ketones is 4. The number of Topliss-reactive ketones (excluding diaryl/α,β-unsaturated/α-hetero) is 4. The minimum absolute atomic E-state index is 0.188. The fourth-order valence-electron chi connectivity index (χ4n) is 6.55. The van der Waals surface area contributed by atoms with Gasteiger partial charge in [-0.05, 0) is 72.0 Å². The monoisotopic (exact) mass is 658 g/mol. The molecular formula is C42H26O4S2. The molecule has 6 heteroatoms. The first kappa shape index (κ1) is 29.8. The molecule has 0 N–H and O–H groups in total. The van der Waals surface area contributed by atoms with Crippen molar-refractivity contribution >= 4 is 58.0 Å². The van der Waals surface area contributed by atoms with E-state index in [0.29, 0.717) is 22.3 Å². The standard InChI is InChI=1S/C42H26O4S2/c1-23-8-7-9-24(2)37(23)32-22-36(26-16-14-25(15-17-26)20-33-38(43)28-10-3-4-11-29(28)39(33)44)48-42(32)35-19-18-27(47-35)21-34-40(45)30-12-5-6-13-31(30)41(34)46/h3-22H,1-2H3. The molecule has 4 aromatic carbocycles. The minimum Gasteiger partial charge on any atom is -0.288 e. The van der Waals surface area contributed by atoms with E-state index in [1.165, 1.54) is 16.7 Å². The Kier molecular flexibility index (Phi) is 7.20. The summed E-state index contributed by atoms with van der Waals surface area (Å²) >= 11 is 3.25. The predicted molar refractivity (Wildman–Crippen MR) is 194 cm³/mol. The number of carbonyl (C=O) groups is 4. The molecule has 230 valence electrons. The van der Waals surface area contributed by atoms with Crippen LogP contribution in [0.15, 0.2) is 120 Å². The van der Waals surface area contributed by atoms with E-state index < -0.39 is 0 Å². The van der Waals surface area contributed by atoms with Crippen LogP contribution in [0.1, 0.15) is 63.0 Å². The topological polar surface area (TPSA) is 68.3 Å². The summed E-state index contributed by atoms with van der Waals surface area (Å²) in [7, 11) is 0. The number of benzene rings is 4. The van der Waals surface area contributed by atoms with Crippen LogP contribution in [0, 0.1) is 13.8 Å². The molecule has 2 heterocycles. The van der Waals surface area contributed by atoms with E-state index in [1.54, 1.807) is 83.4 Å². The number of aryl methyl sites for hydroxylation is 2. The molecule has 0 fully saturated rings. The van der Waals surface area contributed by atoms with Crippen LogP contribution in [0.25, 0.3) is 43.5 Å². The van der Waals surface area contributed by atoms with Gasteiger partial charge in [0.15, 0.2) is 23.1 Å². The number of thiophene rings is 2. The smallest absolute Gasteiger partial charge is 0.197 e. The number of hydrogen-bond donors (Lipinski definition) is 0. The van der Waals surface area contributed by atoms with Gasteiger partial charge < -0.3 is 0 Å². The molecule has 48 heavy (non-hydrogen) atoms. The lowest BCUT2D eigenvalue weighted by Crippen LogP contribution is -2.00. The second kappa shape index (κ2) is 11.6. The van der Waals surface area contributed by atoms with E-state index in [2.05, 4.69) is 44.2 Å². The highest BCUT2D eigenvalue weighted by molar-refractivity contribution is 7.24. The van der Waals surface area contributed by atoms with Crippen molar-refractivity contribution in [1.29, 1.82) is 0 Å². The largest absolute Gasteiger partial charge is 0.288 e. The van der Waals surface area contributed by atoms with Crippen molar-refractivity contribution in [1.82, 2.24) is 0 Å². The summed E-state index contributed by atoms with van der Waals surface area (Å²) in [6, 6.07) is 34.4. The highest BCUT2D eigenvalue weighted by atomic mass is 32.1. The van der Waals surface area contributed by atoms with Crippen LogP contribution in [0.3, 0.4) is 0 Å². The van der Waals surface area contributed by atoms with Gasteiger partial charge in [-0.15, -0.1) is 22.7 Å². The van der Waals surface area contributed by atoms with Crippen LogP contribution in [0.4, 0.5) is 0 Å². The Labute approximate surface area is 285 Å². The van der Waals surface area contributed by atoms with E-state index in [1.807, 2.05) is 30.3 Å². The quantitative estimate of drug-likeness (QED) is 0.137. The van der Waals surface area contributed by atoms with Crippen molar-refractivity contribution in [2.45, 2.75) is 13.8 Å². The predicted octanol–water partition coefficient (Wildman–Crippen LogP) is 10.4. The average Bonchev–Trinajstić information content (AvgIpc) is 3.85. The zero-order valence-electron chi connectivity index (χ0n) is 26.0. The average molecular weight is 659 g/mol. The minimum atomic E-state index is -0.238. The first-order valence-electron chi connectivity index (χ1n) is 15.5. The molecule has 0 atom stereocenters. The van der Waals surface area contributed by atoms with Crippen molar-refractivity contribution in [3.05, 3.63) is 164 Å². The summed E-state index contributed by atoms with van der Waals surface area (Å²) in [4.78, 5) is 56.0. The fourth-order valence-corrected chi connectivity index (χ4v) is 8.80. The van der Waals surface area contributed by atoms with Gasteiger partial charge >= 0.3 is 0 Å². The van der Waals surface area contributed by atoms with Crippen molar-refractivity contribution in [2.75, 3.05) is 0 Å². The maximum atomic E-state index is 13.0. The Morgan fingerprint density at radius 2 is 1.00 bits per heavy atom. The summed E-state index contributed by atoms with van der Waals surface area (Å²) in [6.45, 7) is 4.24. The lowest BCUT2D eigenvalue weighted by atomic mass is 9.95. The van der Waals surface area contributed by atoms with E-state index >= 15 is 0 Å². The Morgan fingerprint density at radius 1 is 0.479 bits per heavy atom. The molecule has 0 aliphatic heterocycles. The van der Waals surface area contributed by atoms with Crippen molar-refractivity contribution in [3.8, 4) is 31.3 Å². The van der Waals surface area contributed by atoms with Gasteiger partial charge in [0.2, 0.25) is 0 Å². The molecule has 0 radical (unpaired) electrons. The summed E-state index contributed by atoms with van der Waals surface area (Å²) in [5.74, 6) is -0.938. The Balaban J connectivity index is 1.16. The summed E-state index contributed by atoms with van der Waals surface area (Å²) in [5, 5.41) is 0. The van der Waals surface area contributed by atoms with Gasteiger partial charge in [0.1, 0.15) is 0 Å². The van der Waals surface area contributed by atoms with Crippen molar-refractivity contribution in [2.24, 2.45) is 0 Å². The zero-order chi connectivity index (χ0) is 33.1. The highest BCUT2D eigenvalue weighted by Gasteiger charge is 2.33. The maximum absolute atomic E-state index is 13.0. The van der Waals surface area contributed by atoms with Crippen molar-refractivity contribution in [3.63, 3.8) is 0 Å². The van der Waals surface area contributed by atoms with Crippen LogP contribution in [-0.2, 0) is 0 Å². The van der Waals surface area contributed by atoms with E-state index in [-0.39, 0.29) is 34.3 Å². The highest BCUT2D eigenvalue weighted by Crippen LogP contribution is 2.47. The van der Waals surface area contributed by atoms with E-state index in [0.717, 1.165) is 36.2 Å². The molecule has 6 aromatic rings. The SMILES string of the molecule is Cc1cccc(C)c1-c1cc(-c2ccc(C=C3C(=O)c4ccccc4C3=O)cc2)sc1-c1ccc(C=C2C(=O)c3ccccc3C2=O)s1. The van der Waals surface area contributed by atoms with Crippen LogP contribution in [0.2, 0.25) is 0 Å². The molecule has 0 bridgehead atoms. The Bertz CT molecular complexity index is 2340. The Morgan fingerprint density at radius 3 is 1.54 bits per heavy atom. The van der Waals surface area contributed by atoms with Gasteiger partial charge in [-0.2, -0.15) is 0 Å². The maximum Gasteiger partial charge on any atom is 0.197 e. The van der Waals surface area contributed by atoms with Crippen LogP contribution in [0.5, 0.6) is 0 Å². The molecule has 0 amide bonds. The number of rotatable bonds is 5. The van der Waals surface area contributed by atoms with Gasteiger partial charge in [-0.1, -0.05) is 91.0 Å². The molecule has 0 spiro atoms. The zero-order valence-corrected chi connectivity index (χ0v) is 27.6. The first-order chi connectivity index (χ1) is 23.3. The second-order valence-corrected chi connectivity index (χ2v) is 14.1. The van der Waals surface area contributed by atoms with Gasteiger partial charge in [-0.25, -0.2) is 0 Å². The molecule has 4 nitrogen and oxygen atoms in total. The normalized spacial score (nSPS) is 13.7. The summed E-state index contributed by atoms with van der Waals surface area (Å²) in [6.07, 6.45) is 3.40. The van der Waals surface area contributed by atoms with Crippen LogP contribution in [-0.4, -0.2) is 23.1 Å². The summed E-state index contributed by atoms with van der Waals surface area (Å²) < 4.78 is 0. The van der Waals surface area contributed by atoms with E-state index in [9.17, 15) is 19.2 Å². The number of fused-ring (bicyclic) bond motifs is 2. The number of allylic oxidation sites excluding steroid dienone is 2. The second-order valence-electron chi connectivity index (χ2n) is 12.0. The third-order valence-electron chi connectivity index (χ3n) is 8.94. The lowest BCUT2D eigenvalue weighted by molar-refractivity contribution is 0.0975. The molecular weight excluding hydrogens is 633 g/mol. The molecule has 0 saturated carbocycles. The number of hydrogen-bond acceptors (Lipinski definition) is 6. The third kappa shape index (κ3) is 4.89. The van der Waals surface area contributed by atoms with Crippen LogP contribution >= 0.6 is 22.7 Å². The van der Waals surface area contributed by atoms with Crippen molar-refractivity contribution < 1.29 is 19.2 Å². The molecule has 2 aliphatic carbocycles. The van der Waals surface area contributed by atoms with Gasteiger partial charge in [-0.3, -0.25) is 19.2 Å². The molecule has 0 unspecified atom stereocenters. The molecule has 8 rings (SSSR count). The molecule has 2 aliphatic rings. The van der Waals surface area contributed by atoms with Gasteiger partial charge in [0.25, 0.3) is 0 Å². The van der Waals surface area contributed by atoms with Gasteiger partial charge in [0.05, 0.1) is 16.0 Å². The summed E-state index contributed by atoms with van der Waals surface area (Å²) in [5.41, 5.74) is 8.67. The molecule has 2 aromatic heterocycles. The third-order valence-corrected chi connectivity index (χ3v) is 11.3. The molecule has 0 saturated heterocycles. The lowest BCUT2D eigenvalue weighted by Gasteiger charge is -2.10. The first-order valence-corrected chi connectivity index (χ1v) is 17.1. The fraction of sp³-hybridized carbons (Fsp3) is 0.0476. The van der Waals surface area contributed by atoms with Crippen LogP contribution < -0.4 is 0 Å². The Hall–Kier alpha value is -5.56. The van der Waals surface area contributed by atoms with Gasteiger partial charge in [0, 0.05) is 42.4 Å². The van der Waals surface area contributed by atoms with E-state index in [4.69, 9.17) is 0 Å². The number of carbonyl (C=O) groups excluding carboxylic acids is 4.